The summed E-state index contributed by atoms with van der Waals surface area (Å²) in [5.74, 6) is -2.32. The van der Waals surface area contributed by atoms with Gasteiger partial charge in [-0.15, -0.1) is 0 Å². The molecule has 20 heavy (non-hydrogen) atoms. The number of rotatable bonds is 4. The maximum atomic E-state index is 13.6. The summed E-state index contributed by atoms with van der Waals surface area (Å²) < 4.78 is 13.6. The molecule has 4 nitrogen and oxygen atoms in total. The zero-order chi connectivity index (χ0) is 14.8. The van der Waals surface area contributed by atoms with E-state index in [2.05, 4.69) is 5.32 Å². The number of carboxylic acid groups (broad SMARTS) is 1. The fourth-order valence-corrected chi connectivity index (χ4v) is 2.82. The van der Waals surface area contributed by atoms with Gasteiger partial charge in [0, 0.05) is 6.54 Å². The van der Waals surface area contributed by atoms with E-state index in [1.54, 1.807) is 0 Å². The van der Waals surface area contributed by atoms with E-state index in [1.165, 1.54) is 12.1 Å². The number of aliphatic carboxylic acids is 1. The number of carbonyl (C=O) groups is 2. The highest BCUT2D eigenvalue weighted by molar-refractivity contribution is 6.33. The Labute approximate surface area is 120 Å². The maximum absolute atomic E-state index is 13.6. The van der Waals surface area contributed by atoms with Gasteiger partial charge in [0.1, 0.15) is 5.82 Å². The molecule has 0 unspecified atom stereocenters. The number of halogens is 2. The summed E-state index contributed by atoms with van der Waals surface area (Å²) in [6, 6.07) is 3.97. The number of nitrogens with one attached hydrogen (secondary N) is 1. The first-order chi connectivity index (χ1) is 9.46. The molecule has 0 atom stereocenters. The fraction of sp³-hybridized carbons (Fsp3) is 0.429. The standard InChI is InChI=1S/C14H15ClFNO3/c15-9-4-3-5-10(16)11(9)12(18)17-8-14(13(19)20)6-1-2-7-14/h3-5H,1-2,6-8H2,(H,17,18)(H,19,20). The number of hydrogen-bond donors (Lipinski definition) is 2. The van der Waals surface area contributed by atoms with Crippen molar-refractivity contribution in [3.05, 3.63) is 34.6 Å². The Morgan fingerprint density at radius 1 is 1.35 bits per heavy atom. The first-order valence-electron chi connectivity index (χ1n) is 6.42. The quantitative estimate of drug-likeness (QED) is 0.898. The van der Waals surface area contributed by atoms with Crippen LogP contribution in [0, 0.1) is 11.2 Å². The highest BCUT2D eigenvalue weighted by atomic mass is 35.5. The van der Waals surface area contributed by atoms with Crippen LogP contribution < -0.4 is 5.32 Å². The molecule has 1 amide bonds. The lowest BCUT2D eigenvalue weighted by molar-refractivity contribution is -0.148. The molecule has 2 rings (SSSR count). The van der Waals surface area contributed by atoms with Crippen molar-refractivity contribution in [3.8, 4) is 0 Å². The van der Waals surface area contributed by atoms with Gasteiger partial charge in [0.25, 0.3) is 5.91 Å². The lowest BCUT2D eigenvalue weighted by atomic mass is 9.86. The van der Waals surface area contributed by atoms with Crippen molar-refractivity contribution >= 4 is 23.5 Å². The third-order valence-corrected chi connectivity index (χ3v) is 4.11. The summed E-state index contributed by atoms with van der Waals surface area (Å²) in [6.45, 7) is -0.00811. The van der Waals surface area contributed by atoms with Gasteiger partial charge in [0.2, 0.25) is 0 Å². The monoisotopic (exact) mass is 299 g/mol. The van der Waals surface area contributed by atoms with E-state index in [0.717, 1.165) is 18.9 Å². The molecule has 0 aromatic heterocycles. The van der Waals surface area contributed by atoms with Gasteiger partial charge >= 0.3 is 5.97 Å². The average Bonchev–Trinajstić information content (AvgIpc) is 2.86. The molecule has 1 fully saturated rings. The number of carboxylic acids is 1. The maximum Gasteiger partial charge on any atom is 0.311 e. The first-order valence-corrected chi connectivity index (χ1v) is 6.80. The zero-order valence-corrected chi connectivity index (χ0v) is 11.5. The number of benzene rings is 1. The number of hydrogen-bond acceptors (Lipinski definition) is 2. The van der Waals surface area contributed by atoms with Gasteiger partial charge < -0.3 is 10.4 Å². The van der Waals surface area contributed by atoms with E-state index in [0.29, 0.717) is 12.8 Å². The van der Waals surface area contributed by atoms with Crippen LogP contribution in [0.4, 0.5) is 4.39 Å². The molecular formula is C14H15ClFNO3. The van der Waals surface area contributed by atoms with Crippen molar-refractivity contribution in [2.24, 2.45) is 5.41 Å². The third-order valence-electron chi connectivity index (χ3n) is 3.79. The molecule has 0 aliphatic heterocycles. The molecule has 0 radical (unpaired) electrons. The largest absolute Gasteiger partial charge is 0.481 e. The summed E-state index contributed by atoms with van der Waals surface area (Å²) in [7, 11) is 0. The van der Waals surface area contributed by atoms with Crippen LogP contribution in [0.5, 0.6) is 0 Å². The van der Waals surface area contributed by atoms with E-state index in [9.17, 15) is 19.1 Å². The Bertz CT molecular complexity index is 521. The summed E-state index contributed by atoms with van der Waals surface area (Å²) in [4.78, 5) is 23.3. The van der Waals surface area contributed by atoms with Crippen LogP contribution in [0.25, 0.3) is 0 Å². The molecule has 1 aromatic rings. The van der Waals surface area contributed by atoms with Crippen molar-refractivity contribution < 1.29 is 19.1 Å². The molecule has 1 saturated carbocycles. The van der Waals surface area contributed by atoms with Gasteiger partial charge in [-0.05, 0) is 25.0 Å². The molecule has 0 bridgehead atoms. The highest BCUT2D eigenvalue weighted by Gasteiger charge is 2.41. The molecule has 6 heteroatoms. The van der Waals surface area contributed by atoms with Crippen LogP contribution in [0.3, 0.4) is 0 Å². The minimum atomic E-state index is -0.937. The Kier molecular flexibility index (Phi) is 4.28. The number of carbonyl (C=O) groups excluding carboxylic acids is 1. The fourth-order valence-electron chi connectivity index (χ4n) is 2.57. The topological polar surface area (TPSA) is 66.4 Å². The SMILES string of the molecule is O=C(NCC1(C(=O)O)CCCC1)c1c(F)cccc1Cl. The second kappa shape index (κ2) is 5.79. The number of amides is 1. The first kappa shape index (κ1) is 14.8. The molecule has 1 aliphatic rings. The predicted octanol–water partition coefficient (Wildman–Crippen LogP) is 2.85. The van der Waals surface area contributed by atoms with Crippen molar-refractivity contribution in [1.82, 2.24) is 5.32 Å². The van der Waals surface area contributed by atoms with Crippen LogP contribution in [0.15, 0.2) is 18.2 Å². The van der Waals surface area contributed by atoms with E-state index >= 15 is 0 Å². The second-order valence-corrected chi connectivity index (χ2v) is 5.48. The van der Waals surface area contributed by atoms with Gasteiger partial charge in [0.15, 0.2) is 0 Å². The van der Waals surface area contributed by atoms with Crippen LogP contribution in [-0.4, -0.2) is 23.5 Å². The third kappa shape index (κ3) is 2.77. The zero-order valence-electron chi connectivity index (χ0n) is 10.8. The summed E-state index contributed by atoms with van der Waals surface area (Å²) in [5, 5.41) is 11.8. The lowest BCUT2D eigenvalue weighted by Crippen LogP contribution is -2.41. The summed E-state index contributed by atoms with van der Waals surface area (Å²) in [5.41, 5.74) is -1.18. The van der Waals surface area contributed by atoms with Crippen molar-refractivity contribution in [2.45, 2.75) is 25.7 Å². The van der Waals surface area contributed by atoms with Crippen LogP contribution in [0.2, 0.25) is 5.02 Å². The van der Waals surface area contributed by atoms with E-state index < -0.39 is 23.1 Å². The van der Waals surface area contributed by atoms with E-state index in [1.807, 2.05) is 0 Å². The minimum absolute atomic E-state index is 0.00811. The molecule has 0 heterocycles. The van der Waals surface area contributed by atoms with Crippen molar-refractivity contribution in [1.29, 1.82) is 0 Å². The molecular weight excluding hydrogens is 285 g/mol. The summed E-state index contributed by atoms with van der Waals surface area (Å²) in [6.07, 6.45) is 2.69. The van der Waals surface area contributed by atoms with Gasteiger partial charge in [-0.3, -0.25) is 9.59 Å². The van der Waals surface area contributed by atoms with E-state index in [4.69, 9.17) is 11.6 Å². The Balaban J connectivity index is 2.11. The van der Waals surface area contributed by atoms with Crippen LogP contribution in [-0.2, 0) is 4.79 Å². The Morgan fingerprint density at radius 3 is 2.55 bits per heavy atom. The predicted molar refractivity (Wildman–Crippen MR) is 72.3 cm³/mol. The van der Waals surface area contributed by atoms with Crippen LogP contribution >= 0.6 is 11.6 Å². The molecule has 108 valence electrons. The Morgan fingerprint density at radius 2 is 2.00 bits per heavy atom. The van der Waals surface area contributed by atoms with Gasteiger partial charge in [-0.1, -0.05) is 30.5 Å². The lowest BCUT2D eigenvalue weighted by Gasteiger charge is -2.24. The van der Waals surface area contributed by atoms with E-state index in [-0.39, 0.29) is 17.1 Å². The van der Waals surface area contributed by atoms with Gasteiger partial charge in [0.05, 0.1) is 16.0 Å². The second-order valence-electron chi connectivity index (χ2n) is 5.07. The molecule has 2 N–H and O–H groups in total. The van der Waals surface area contributed by atoms with Gasteiger partial charge in [-0.2, -0.15) is 0 Å². The molecule has 0 spiro atoms. The van der Waals surface area contributed by atoms with Gasteiger partial charge in [-0.25, -0.2) is 4.39 Å². The molecule has 1 aliphatic carbocycles. The molecule has 1 aromatic carbocycles. The minimum Gasteiger partial charge on any atom is -0.481 e. The smallest absolute Gasteiger partial charge is 0.311 e. The Hall–Kier alpha value is -1.62. The van der Waals surface area contributed by atoms with Crippen LogP contribution in [0.1, 0.15) is 36.0 Å². The average molecular weight is 300 g/mol. The summed E-state index contributed by atoms with van der Waals surface area (Å²) >= 11 is 5.80. The normalized spacial score (nSPS) is 16.9. The van der Waals surface area contributed by atoms with Crippen molar-refractivity contribution in [3.63, 3.8) is 0 Å². The molecule has 0 saturated heterocycles. The van der Waals surface area contributed by atoms with Crippen molar-refractivity contribution in [2.75, 3.05) is 6.54 Å². The highest BCUT2D eigenvalue weighted by Crippen LogP contribution is 2.37.